The van der Waals surface area contributed by atoms with Crippen molar-refractivity contribution < 1.29 is 9.21 Å². The molecule has 0 bridgehead atoms. The average Bonchev–Trinajstić information content (AvgIpc) is 2.33. The largest absolute Gasteiger partial charge is 0.448 e. The van der Waals surface area contributed by atoms with Gasteiger partial charge in [0, 0.05) is 12.8 Å². The van der Waals surface area contributed by atoms with E-state index in [0.717, 1.165) is 0 Å². The Morgan fingerprint density at radius 1 is 1.64 bits per heavy atom. The fourth-order valence-corrected chi connectivity index (χ4v) is 0.714. The summed E-state index contributed by atoms with van der Waals surface area (Å²) in [6.07, 6.45) is 1.40. The summed E-state index contributed by atoms with van der Waals surface area (Å²) in [6.45, 7) is 5.41. The van der Waals surface area contributed by atoms with Gasteiger partial charge in [-0.3, -0.25) is 4.79 Å². The molecular weight excluding hydrogens is 142 g/mol. The molecule has 0 atom stereocenters. The maximum absolute atomic E-state index is 10.8. The van der Waals surface area contributed by atoms with E-state index in [0.29, 0.717) is 11.6 Å². The van der Waals surface area contributed by atoms with E-state index in [1.165, 1.54) is 13.2 Å². The maximum Gasteiger partial charge on any atom is 0.197 e. The Labute approximate surface area is 65.4 Å². The second kappa shape index (κ2) is 2.86. The number of carbonyl (C=O) groups excluding carboxylic acids is 1. The van der Waals surface area contributed by atoms with Gasteiger partial charge in [-0.25, -0.2) is 4.98 Å². The van der Waals surface area contributed by atoms with E-state index in [2.05, 4.69) is 4.98 Å². The van der Waals surface area contributed by atoms with E-state index in [-0.39, 0.29) is 11.7 Å². The summed E-state index contributed by atoms with van der Waals surface area (Å²) in [5.41, 5.74) is 0.411. The summed E-state index contributed by atoms with van der Waals surface area (Å²) in [4.78, 5) is 14.8. The fraction of sp³-hybridized carbons (Fsp3) is 0.500. The number of aromatic nitrogens is 1. The molecule has 0 unspecified atom stereocenters. The Kier molecular flexibility index (Phi) is 2.08. The van der Waals surface area contributed by atoms with Crippen LogP contribution < -0.4 is 0 Å². The Hall–Kier alpha value is -1.12. The number of hydrogen-bond acceptors (Lipinski definition) is 3. The van der Waals surface area contributed by atoms with Crippen LogP contribution >= 0.6 is 0 Å². The monoisotopic (exact) mass is 153 g/mol. The number of Topliss-reactive ketones (excluding diaryl/α,β-unsaturated/α-hetero) is 1. The quantitative estimate of drug-likeness (QED) is 0.610. The maximum atomic E-state index is 10.8. The van der Waals surface area contributed by atoms with Crippen LogP contribution in [0.3, 0.4) is 0 Å². The van der Waals surface area contributed by atoms with Crippen molar-refractivity contribution in [3.63, 3.8) is 0 Å². The second-order valence-corrected chi connectivity index (χ2v) is 2.78. The molecule has 0 saturated carbocycles. The second-order valence-electron chi connectivity index (χ2n) is 2.78. The molecule has 3 heteroatoms. The summed E-state index contributed by atoms with van der Waals surface area (Å²) < 4.78 is 5.06. The van der Waals surface area contributed by atoms with Crippen molar-refractivity contribution in [2.75, 3.05) is 0 Å². The van der Waals surface area contributed by atoms with Crippen LogP contribution in [0.25, 0.3) is 0 Å². The molecule has 0 amide bonds. The first-order valence-corrected chi connectivity index (χ1v) is 3.57. The minimum Gasteiger partial charge on any atom is -0.448 e. The van der Waals surface area contributed by atoms with E-state index >= 15 is 0 Å². The Morgan fingerprint density at radius 2 is 2.27 bits per heavy atom. The number of oxazole rings is 1. The van der Waals surface area contributed by atoms with Gasteiger partial charge in [-0.2, -0.15) is 0 Å². The van der Waals surface area contributed by atoms with Crippen molar-refractivity contribution in [1.29, 1.82) is 0 Å². The fourth-order valence-electron chi connectivity index (χ4n) is 0.714. The third kappa shape index (κ3) is 1.67. The first kappa shape index (κ1) is 7.98. The number of ketones is 1. The molecule has 0 spiro atoms. The number of carbonyl (C=O) groups is 1. The van der Waals surface area contributed by atoms with E-state index in [4.69, 9.17) is 4.42 Å². The van der Waals surface area contributed by atoms with Gasteiger partial charge >= 0.3 is 0 Å². The zero-order valence-corrected chi connectivity index (χ0v) is 6.92. The molecule has 0 aromatic carbocycles. The third-order valence-electron chi connectivity index (χ3n) is 1.38. The summed E-state index contributed by atoms with van der Waals surface area (Å²) in [5.74, 6) is 0.805. The highest BCUT2D eigenvalue weighted by atomic mass is 16.3. The van der Waals surface area contributed by atoms with Crippen molar-refractivity contribution in [3.05, 3.63) is 17.8 Å². The highest BCUT2D eigenvalue weighted by molar-refractivity contribution is 5.91. The summed E-state index contributed by atoms with van der Waals surface area (Å²) in [7, 11) is 0. The number of hydrogen-bond donors (Lipinski definition) is 0. The average molecular weight is 153 g/mol. The molecule has 1 heterocycles. The predicted molar refractivity (Wildman–Crippen MR) is 40.6 cm³/mol. The smallest absolute Gasteiger partial charge is 0.197 e. The predicted octanol–water partition coefficient (Wildman–Crippen LogP) is 2.00. The lowest BCUT2D eigenvalue weighted by Crippen LogP contribution is -1.93. The highest BCUT2D eigenvalue weighted by Crippen LogP contribution is 2.12. The van der Waals surface area contributed by atoms with Gasteiger partial charge in [0.1, 0.15) is 12.0 Å². The Balaban J connectivity index is 2.90. The number of nitrogens with zero attached hydrogens (tertiary/aromatic N) is 1. The van der Waals surface area contributed by atoms with Gasteiger partial charge in [0.2, 0.25) is 0 Å². The van der Waals surface area contributed by atoms with E-state index in [1.807, 2.05) is 13.8 Å². The molecule has 0 N–H and O–H groups in total. The van der Waals surface area contributed by atoms with Gasteiger partial charge in [0.25, 0.3) is 0 Å². The van der Waals surface area contributed by atoms with Crippen molar-refractivity contribution >= 4 is 5.78 Å². The molecule has 0 fully saturated rings. The van der Waals surface area contributed by atoms with Crippen LogP contribution in [0.5, 0.6) is 0 Å². The summed E-state index contributed by atoms with van der Waals surface area (Å²) >= 11 is 0. The SMILES string of the molecule is CC(=O)c1coc(C(C)C)n1. The lowest BCUT2D eigenvalue weighted by Gasteiger charge is -1.93. The van der Waals surface area contributed by atoms with Crippen molar-refractivity contribution in [2.45, 2.75) is 26.7 Å². The topological polar surface area (TPSA) is 43.1 Å². The molecule has 1 aromatic heterocycles. The van der Waals surface area contributed by atoms with Crippen molar-refractivity contribution in [1.82, 2.24) is 4.98 Å². The van der Waals surface area contributed by atoms with Gasteiger partial charge < -0.3 is 4.42 Å². The lowest BCUT2D eigenvalue weighted by atomic mass is 10.2. The molecule has 1 rings (SSSR count). The molecule has 1 aromatic rings. The van der Waals surface area contributed by atoms with Crippen LogP contribution in [0, 0.1) is 0 Å². The molecule has 0 saturated heterocycles. The van der Waals surface area contributed by atoms with Gasteiger partial charge in [-0.15, -0.1) is 0 Å². The third-order valence-corrected chi connectivity index (χ3v) is 1.38. The van der Waals surface area contributed by atoms with E-state index in [1.54, 1.807) is 0 Å². The van der Waals surface area contributed by atoms with Gasteiger partial charge in [0.05, 0.1) is 0 Å². The summed E-state index contributed by atoms with van der Waals surface area (Å²) in [6, 6.07) is 0. The minimum absolute atomic E-state index is 0.0550. The molecule has 0 aliphatic carbocycles. The molecule has 0 aliphatic heterocycles. The minimum atomic E-state index is -0.0550. The van der Waals surface area contributed by atoms with Gasteiger partial charge in [-0.1, -0.05) is 13.8 Å². The van der Waals surface area contributed by atoms with Crippen molar-refractivity contribution in [3.8, 4) is 0 Å². The zero-order chi connectivity index (χ0) is 8.43. The molecular formula is C8H11NO2. The Morgan fingerprint density at radius 3 is 2.55 bits per heavy atom. The molecule has 0 radical (unpaired) electrons. The first-order valence-electron chi connectivity index (χ1n) is 3.57. The van der Waals surface area contributed by atoms with Crippen LogP contribution in [0.15, 0.2) is 10.7 Å². The van der Waals surface area contributed by atoms with E-state index < -0.39 is 0 Å². The van der Waals surface area contributed by atoms with Crippen LogP contribution in [0.1, 0.15) is 43.1 Å². The van der Waals surface area contributed by atoms with Gasteiger partial charge in [0.15, 0.2) is 11.7 Å². The summed E-state index contributed by atoms with van der Waals surface area (Å²) in [5, 5.41) is 0. The van der Waals surface area contributed by atoms with E-state index in [9.17, 15) is 4.79 Å². The Bertz CT molecular complexity index is 263. The molecule has 11 heavy (non-hydrogen) atoms. The van der Waals surface area contributed by atoms with Crippen LogP contribution in [0.2, 0.25) is 0 Å². The normalized spacial score (nSPS) is 10.5. The van der Waals surface area contributed by atoms with Crippen LogP contribution in [-0.4, -0.2) is 10.8 Å². The molecule has 0 aliphatic rings. The molecule has 60 valence electrons. The number of rotatable bonds is 2. The highest BCUT2D eigenvalue weighted by Gasteiger charge is 2.09. The zero-order valence-electron chi connectivity index (χ0n) is 6.92. The van der Waals surface area contributed by atoms with Crippen LogP contribution in [0.4, 0.5) is 0 Å². The first-order chi connectivity index (χ1) is 5.11. The van der Waals surface area contributed by atoms with Crippen molar-refractivity contribution in [2.24, 2.45) is 0 Å². The van der Waals surface area contributed by atoms with Gasteiger partial charge in [-0.05, 0) is 0 Å². The van der Waals surface area contributed by atoms with Crippen LogP contribution in [-0.2, 0) is 0 Å². The standard InChI is InChI=1S/C8H11NO2/c1-5(2)8-9-7(4-11-8)6(3)10/h4-5H,1-3H3. The lowest BCUT2D eigenvalue weighted by molar-refractivity contribution is 0.101. The molecule has 3 nitrogen and oxygen atoms in total.